The number of carbonyl (C=O) groups is 1. The van der Waals surface area contributed by atoms with E-state index < -0.39 is 5.97 Å². The molecule has 1 heterocycles. The third-order valence-electron chi connectivity index (χ3n) is 1.70. The Labute approximate surface area is 84.5 Å². The largest absolute Gasteiger partial charge is 0.478 e. The van der Waals surface area contributed by atoms with Crippen molar-refractivity contribution in [2.24, 2.45) is 0 Å². The van der Waals surface area contributed by atoms with Crippen LogP contribution in [0, 0.1) is 0 Å². The molecule has 1 aromatic carbocycles. The van der Waals surface area contributed by atoms with Gasteiger partial charge in [-0.2, -0.15) is 10.3 Å². The Morgan fingerprint density at radius 1 is 1.47 bits per heavy atom. The normalized spacial score (nSPS) is 9.87. The van der Waals surface area contributed by atoms with Gasteiger partial charge in [-0.3, -0.25) is 0 Å². The third kappa shape index (κ3) is 2.11. The first-order valence-electron chi connectivity index (χ1n) is 4.13. The number of benzene rings is 1. The van der Waals surface area contributed by atoms with Crippen LogP contribution in [0.3, 0.4) is 0 Å². The Hall–Kier alpha value is -2.37. The molecule has 0 radical (unpaired) electrons. The predicted octanol–water partition coefficient (Wildman–Crippen LogP) is 1.30. The van der Waals surface area contributed by atoms with E-state index in [-0.39, 0.29) is 11.4 Å². The third-order valence-corrected chi connectivity index (χ3v) is 1.70. The lowest BCUT2D eigenvalue weighted by molar-refractivity contribution is 0.0696. The number of aromatic nitrogens is 3. The summed E-state index contributed by atoms with van der Waals surface area (Å²) in [6, 6.07) is 6.13. The van der Waals surface area contributed by atoms with Crippen LogP contribution in [0.5, 0.6) is 11.6 Å². The highest BCUT2D eigenvalue weighted by Gasteiger charge is 2.05. The fourth-order valence-corrected chi connectivity index (χ4v) is 1.05. The number of carboxylic acids is 1. The van der Waals surface area contributed by atoms with Gasteiger partial charge in [0.15, 0.2) is 0 Å². The fraction of sp³-hybridized carbons (Fsp3) is 0. The van der Waals surface area contributed by atoms with Crippen molar-refractivity contribution in [3.63, 3.8) is 0 Å². The smallest absolute Gasteiger partial charge is 0.335 e. The maximum atomic E-state index is 10.7. The molecule has 0 fully saturated rings. The van der Waals surface area contributed by atoms with Gasteiger partial charge in [0.2, 0.25) is 0 Å². The Morgan fingerprint density at radius 2 is 2.33 bits per heavy atom. The van der Waals surface area contributed by atoms with Gasteiger partial charge in [-0.25, -0.2) is 4.79 Å². The summed E-state index contributed by atoms with van der Waals surface area (Å²) >= 11 is 0. The molecule has 2 rings (SSSR count). The van der Waals surface area contributed by atoms with Gasteiger partial charge in [0.1, 0.15) is 11.9 Å². The molecule has 15 heavy (non-hydrogen) atoms. The lowest BCUT2D eigenvalue weighted by Gasteiger charge is -2.01. The molecule has 0 unspecified atom stereocenters. The summed E-state index contributed by atoms with van der Waals surface area (Å²) in [5, 5.41) is 18.4. The second-order valence-corrected chi connectivity index (χ2v) is 2.74. The predicted molar refractivity (Wildman–Crippen MR) is 49.9 cm³/mol. The van der Waals surface area contributed by atoms with Crippen LogP contribution in [0.15, 0.2) is 30.5 Å². The molecule has 6 nitrogen and oxygen atoms in total. The monoisotopic (exact) mass is 205 g/mol. The van der Waals surface area contributed by atoms with Crippen molar-refractivity contribution in [2.75, 3.05) is 0 Å². The lowest BCUT2D eigenvalue weighted by atomic mass is 10.2. The second kappa shape index (κ2) is 3.79. The number of nitrogens with zero attached hydrogens (tertiary/aromatic N) is 2. The highest BCUT2D eigenvalue weighted by molar-refractivity contribution is 5.88. The molecular weight excluding hydrogens is 198 g/mol. The van der Waals surface area contributed by atoms with Gasteiger partial charge in [0.05, 0.1) is 5.56 Å². The van der Waals surface area contributed by atoms with Crippen LogP contribution in [-0.4, -0.2) is 26.5 Å². The molecule has 0 atom stereocenters. The van der Waals surface area contributed by atoms with Crippen LogP contribution >= 0.6 is 0 Å². The zero-order valence-corrected chi connectivity index (χ0v) is 7.54. The molecular formula is C9H7N3O3. The highest BCUT2D eigenvalue weighted by Crippen LogP contribution is 2.19. The van der Waals surface area contributed by atoms with E-state index in [1.54, 1.807) is 12.1 Å². The number of aromatic carboxylic acids is 1. The van der Waals surface area contributed by atoms with Gasteiger partial charge in [-0.15, -0.1) is 5.10 Å². The van der Waals surface area contributed by atoms with Gasteiger partial charge >= 0.3 is 5.97 Å². The number of ether oxygens (including phenoxy) is 1. The maximum absolute atomic E-state index is 10.7. The van der Waals surface area contributed by atoms with E-state index in [0.717, 1.165) is 0 Å². The minimum atomic E-state index is -0.999. The number of hydrogen-bond acceptors (Lipinski definition) is 4. The van der Waals surface area contributed by atoms with Crippen LogP contribution in [0.2, 0.25) is 0 Å². The number of nitrogens with one attached hydrogen (secondary N) is 1. The van der Waals surface area contributed by atoms with E-state index in [0.29, 0.717) is 5.75 Å². The number of H-pyrrole nitrogens is 1. The number of rotatable bonds is 3. The Kier molecular flexibility index (Phi) is 2.32. The van der Waals surface area contributed by atoms with Crippen molar-refractivity contribution < 1.29 is 14.6 Å². The van der Waals surface area contributed by atoms with Gasteiger partial charge < -0.3 is 9.84 Å². The zero-order chi connectivity index (χ0) is 10.7. The van der Waals surface area contributed by atoms with Crippen molar-refractivity contribution in [3.05, 3.63) is 36.0 Å². The summed E-state index contributed by atoms with van der Waals surface area (Å²) < 4.78 is 5.24. The van der Waals surface area contributed by atoms with Gasteiger partial charge in [0, 0.05) is 0 Å². The molecule has 0 bridgehead atoms. The lowest BCUT2D eigenvalue weighted by Crippen LogP contribution is -1.96. The number of aromatic amines is 1. The van der Waals surface area contributed by atoms with E-state index in [2.05, 4.69) is 15.4 Å². The van der Waals surface area contributed by atoms with E-state index in [1.165, 1.54) is 18.3 Å². The van der Waals surface area contributed by atoms with Crippen LogP contribution < -0.4 is 4.74 Å². The van der Waals surface area contributed by atoms with E-state index in [9.17, 15) is 4.79 Å². The summed E-state index contributed by atoms with van der Waals surface area (Å²) in [6.45, 7) is 0. The summed E-state index contributed by atoms with van der Waals surface area (Å²) in [6.07, 6.45) is 1.40. The van der Waals surface area contributed by atoms with E-state index in [4.69, 9.17) is 9.84 Å². The Morgan fingerprint density at radius 3 is 3.00 bits per heavy atom. The SMILES string of the molecule is O=C(O)c1cccc(Oc2cn[nH]n2)c1. The van der Waals surface area contributed by atoms with Gasteiger partial charge in [-0.05, 0) is 18.2 Å². The molecule has 2 aromatic rings. The molecule has 0 aliphatic rings. The highest BCUT2D eigenvalue weighted by atomic mass is 16.5. The second-order valence-electron chi connectivity index (χ2n) is 2.74. The molecule has 0 spiro atoms. The van der Waals surface area contributed by atoms with E-state index in [1.807, 2.05) is 0 Å². The van der Waals surface area contributed by atoms with Gasteiger partial charge in [0.25, 0.3) is 5.88 Å². The average Bonchev–Trinajstić information content (AvgIpc) is 2.71. The molecule has 76 valence electrons. The topological polar surface area (TPSA) is 88.1 Å². The number of carboxylic acid groups (broad SMARTS) is 1. The van der Waals surface area contributed by atoms with Crippen LogP contribution in [0.25, 0.3) is 0 Å². The maximum Gasteiger partial charge on any atom is 0.335 e. The molecule has 6 heteroatoms. The molecule has 0 aliphatic carbocycles. The van der Waals surface area contributed by atoms with Gasteiger partial charge in [-0.1, -0.05) is 6.07 Å². The zero-order valence-electron chi connectivity index (χ0n) is 7.54. The van der Waals surface area contributed by atoms with Crippen molar-refractivity contribution in [1.82, 2.24) is 15.4 Å². The minimum Gasteiger partial charge on any atom is -0.478 e. The van der Waals surface area contributed by atoms with Crippen molar-refractivity contribution in [2.45, 2.75) is 0 Å². The molecule has 0 saturated heterocycles. The first-order valence-corrected chi connectivity index (χ1v) is 4.13. The van der Waals surface area contributed by atoms with Crippen LogP contribution in [0.4, 0.5) is 0 Å². The Bertz CT molecular complexity index is 467. The molecule has 0 aliphatic heterocycles. The summed E-state index contributed by atoms with van der Waals surface area (Å²) in [4.78, 5) is 10.7. The van der Waals surface area contributed by atoms with Crippen molar-refractivity contribution in [3.8, 4) is 11.6 Å². The van der Waals surface area contributed by atoms with Crippen LogP contribution in [-0.2, 0) is 0 Å². The number of hydrogen-bond donors (Lipinski definition) is 2. The standard InChI is InChI=1S/C9H7N3O3/c13-9(14)6-2-1-3-7(4-6)15-8-5-10-12-11-8/h1-5H,(H,13,14)(H,10,11,12). The van der Waals surface area contributed by atoms with Crippen LogP contribution in [0.1, 0.15) is 10.4 Å². The molecule has 2 N–H and O–H groups in total. The summed E-state index contributed by atoms with van der Waals surface area (Å²) in [5.41, 5.74) is 0.163. The van der Waals surface area contributed by atoms with Crippen molar-refractivity contribution in [1.29, 1.82) is 0 Å². The summed E-state index contributed by atoms with van der Waals surface area (Å²) in [7, 11) is 0. The molecule has 0 amide bonds. The summed E-state index contributed by atoms with van der Waals surface area (Å²) in [5.74, 6) is -0.304. The minimum absolute atomic E-state index is 0.163. The average molecular weight is 205 g/mol. The molecule has 1 aromatic heterocycles. The first kappa shape index (κ1) is 9.20. The Balaban J connectivity index is 2.22. The quantitative estimate of drug-likeness (QED) is 0.788. The van der Waals surface area contributed by atoms with E-state index >= 15 is 0 Å². The first-order chi connectivity index (χ1) is 7.25. The molecule has 0 saturated carbocycles. The fourth-order valence-electron chi connectivity index (χ4n) is 1.05. The van der Waals surface area contributed by atoms with Crippen molar-refractivity contribution >= 4 is 5.97 Å².